The highest BCUT2D eigenvalue weighted by atomic mass is 16.6. The number of carbonyl (C=O) groups excluding carboxylic acids is 13. The number of benzene rings is 2. The van der Waals surface area contributed by atoms with Crippen LogP contribution < -0.4 is 32.4 Å². The van der Waals surface area contributed by atoms with Gasteiger partial charge < -0.3 is 70.3 Å². The number of ketones is 1. The van der Waals surface area contributed by atoms with Gasteiger partial charge in [-0.05, 0) is 90.7 Å². The average molecular weight is 1270 g/mol. The molecule has 0 radical (unpaired) electrons. The van der Waals surface area contributed by atoms with Crippen molar-refractivity contribution in [3.63, 3.8) is 0 Å². The molecule has 91 heavy (non-hydrogen) atoms. The number of carbonyl (C=O) groups is 13. The Labute approximate surface area is 526 Å². The molecule has 5 heterocycles. The molecule has 6 N–H and O–H groups in total. The van der Waals surface area contributed by atoms with Crippen LogP contribution in [-0.4, -0.2) is 225 Å². The quantitative estimate of drug-likeness (QED) is 0.118. The maximum Gasteiger partial charge on any atom is 0.329 e. The molecule has 1 aliphatic carbocycles. The molecule has 6 aliphatic rings. The van der Waals surface area contributed by atoms with Crippen molar-refractivity contribution in [1.82, 2.24) is 55.7 Å². The van der Waals surface area contributed by atoms with Gasteiger partial charge in [0.2, 0.25) is 52.7 Å². The number of anilines is 1. The van der Waals surface area contributed by atoms with Gasteiger partial charge in [-0.2, -0.15) is 0 Å². The Morgan fingerprint density at radius 2 is 1.13 bits per heavy atom. The van der Waals surface area contributed by atoms with Crippen LogP contribution in [0.5, 0.6) is 0 Å². The third-order valence-corrected chi connectivity index (χ3v) is 17.9. The fraction of sp³-hybridized carbons (Fsp3) is 0.597. The molecule has 0 spiro atoms. The van der Waals surface area contributed by atoms with Crippen molar-refractivity contribution < 1.29 is 76.2 Å². The SMILES string of the molecule is Cc1c2oc3c(C)ccc(C(=O)NC4C(=O)NC(C(C)C)C(=O)N5C(C)CCC5C(=O)N(C)CC(=O)N(C)C(C(C)C)C(=O)OC4C)c3nc-2c(C(=O)NC2C(=O)NC(C(C)C)C(=O)N3C(C)C(=O)CC3C(=O)N(C)CC(=O)N(C)C(C)C(=O)OC2C)c(N)c1=O. The van der Waals surface area contributed by atoms with Crippen molar-refractivity contribution in [2.75, 3.05) is 47.0 Å². The van der Waals surface area contributed by atoms with E-state index < -0.39 is 209 Å². The van der Waals surface area contributed by atoms with Crippen LogP contribution in [0.25, 0.3) is 22.6 Å². The number of nitrogens with zero attached hydrogens (tertiary/aromatic N) is 7. The molecule has 1 aromatic carbocycles. The second-order valence-corrected chi connectivity index (χ2v) is 25.4. The first kappa shape index (κ1) is 69.4. The number of rotatable bonds is 7. The third-order valence-electron chi connectivity index (χ3n) is 17.9. The number of likely N-dealkylation sites (N-methyl/N-ethyl adjacent to an activating group) is 4. The number of aryl methyl sites for hydroxylation is 1. The first-order chi connectivity index (χ1) is 42.4. The summed E-state index contributed by atoms with van der Waals surface area (Å²) in [5.74, 6) is -13.3. The maximum atomic E-state index is 15.1. The van der Waals surface area contributed by atoms with E-state index in [2.05, 4.69) is 21.3 Å². The number of ether oxygens (including phenoxy) is 2. The summed E-state index contributed by atoms with van der Waals surface area (Å²) in [6, 6.07) is -10.4. The summed E-state index contributed by atoms with van der Waals surface area (Å²) >= 11 is 0. The smallest absolute Gasteiger partial charge is 0.329 e. The number of fused-ring (bicyclic) bond motifs is 4. The van der Waals surface area contributed by atoms with E-state index in [-0.39, 0.29) is 34.4 Å². The third kappa shape index (κ3) is 13.6. The van der Waals surface area contributed by atoms with Crippen LogP contribution in [0.4, 0.5) is 5.69 Å². The zero-order valence-electron chi connectivity index (χ0n) is 54.5. The predicted molar refractivity (Wildman–Crippen MR) is 326 cm³/mol. The lowest BCUT2D eigenvalue weighted by atomic mass is 9.98. The molecule has 29 heteroatoms. The first-order valence-electron chi connectivity index (χ1n) is 30.4. The molecular formula is C62H84N12O17. The van der Waals surface area contributed by atoms with Crippen molar-refractivity contribution in [3.8, 4) is 11.5 Å². The Hall–Kier alpha value is -9.05. The minimum Gasteiger partial charge on any atom is -0.458 e. The fourth-order valence-electron chi connectivity index (χ4n) is 12.1. The molecule has 1 aromatic rings. The molecule has 7 rings (SSSR count). The number of hydrogen-bond donors (Lipinski definition) is 5. The fourth-order valence-corrected chi connectivity index (χ4v) is 12.1. The number of nitrogens with one attached hydrogen (secondary N) is 4. The van der Waals surface area contributed by atoms with Crippen molar-refractivity contribution in [3.05, 3.63) is 44.6 Å². The zero-order chi connectivity index (χ0) is 68.0. The van der Waals surface area contributed by atoms with E-state index in [4.69, 9.17) is 24.6 Å². The van der Waals surface area contributed by atoms with E-state index in [0.717, 1.165) is 19.6 Å². The lowest BCUT2D eigenvalue weighted by molar-refractivity contribution is -0.163. The molecule has 0 bridgehead atoms. The zero-order valence-corrected chi connectivity index (χ0v) is 54.5. The summed E-state index contributed by atoms with van der Waals surface area (Å²) in [4.78, 5) is 212. The molecule has 494 valence electrons. The van der Waals surface area contributed by atoms with Gasteiger partial charge in [-0.1, -0.05) is 47.6 Å². The number of hydrogen-bond acceptors (Lipinski definition) is 19. The summed E-state index contributed by atoms with van der Waals surface area (Å²) in [7, 11) is 5.37. The topological polar surface area (TPSA) is 377 Å². The van der Waals surface area contributed by atoms with Gasteiger partial charge in [0.15, 0.2) is 17.1 Å². The lowest BCUT2D eigenvalue weighted by Crippen LogP contribution is -2.62. The van der Waals surface area contributed by atoms with Crippen LogP contribution in [0.3, 0.4) is 0 Å². The highest BCUT2D eigenvalue weighted by Gasteiger charge is 2.50. The number of Topliss-reactive ketones (excluding diaryl/α,β-unsaturated/α-hetero) is 1. The van der Waals surface area contributed by atoms with E-state index in [0.29, 0.717) is 12.0 Å². The van der Waals surface area contributed by atoms with Gasteiger partial charge in [-0.25, -0.2) is 14.6 Å². The molecule has 0 aromatic heterocycles. The number of esters is 2. The summed E-state index contributed by atoms with van der Waals surface area (Å²) in [5, 5.41) is 10.5. The molecule has 12 atom stereocenters. The Balaban J connectivity index is 1.32. The summed E-state index contributed by atoms with van der Waals surface area (Å²) in [5.41, 5.74) is 3.27. The maximum absolute atomic E-state index is 15.1. The van der Waals surface area contributed by atoms with Crippen molar-refractivity contribution in [1.29, 1.82) is 0 Å². The van der Waals surface area contributed by atoms with Crippen LogP contribution in [0.15, 0.2) is 21.3 Å². The summed E-state index contributed by atoms with van der Waals surface area (Å²) < 4.78 is 18.1. The Kier molecular flexibility index (Phi) is 20.7. The van der Waals surface area contributed by atoms with Gasteiger partial charge in [0.1, 0.15) is 71.8 Å². The second kappa shape index (κ2) is 27.2. The van der Waals surface area contributed by atoms with Gasteiger partial charge in [0, 0.05) is 46.2 Å². The number of aromatic nitrogens is 1. The van der Waals surface area contributed by atoms with Crippen molar-refractivity contribution in [2.24, 2.45) is 17.8 Å². The lowest BCUT2D eigenvalue weighted by Gasteiger charge is -2.37. The molecule has 10 amide bonds. The Morgan fingerprint density at radius 3 is 1.67 bits per heavy atom. The minimum absolute atomic E-state index is 0.0999. The molecule has 0 saturated carbocycles. The molecular weight excluding hydrogens is 1180 g/mol. The van der Waals surface area contributed by atoms with E-state index in [9.17, 15) is 57.5 Å². The monoisotopic (exact) mass is 1270 g/mol. The van der Waals surface area contributed by atoms with Gasteiger partial charge in [-0.3, -0.25) is 57.5 Å². The van der Waals surface area contributed by atoms with Crippen LogP contribution >= 0.6 is 0 Å². The highest BCUT2D eigenvalue weighted by Crippen LogP contribution is 2.36. The number of amides is 10. The normalized spacial score (nSPS) is 27.7. The van der Waals surface area contributed by atoms with E-state index in [1.165, 1.54) is 84.7 Å². The van der Waals surface area contributed by atoms with Crippen LogP contribution in [0.1, 0.15) is 127 Å². The molecule has 5 aliphatic heterocycles. The van der Waals surface area contributed by atoms with Crippen LogP contribution in [-0.2, 0) is 62.2 Å². The second-order valence-electron chi connectivity index (χ2n) is 25.4. The molecule has 4 fully saturated rings. The number of nitrogen functional groups attached to an aromatic ring is 1. The summed E-state index contributed by atoms with van der Waals surface area (Å²) in [6.45, 7) is 18.8. The molecule has 4 saturated heterocycles. The Bertz CT molecular complexity index is 3530. The standard InChI is InChI=1S/C62H84N12O17/c1-25(2)43-59(85)73-29(8)19-21-36(73)57(83)69(14)24-40(77)72(17)49(27(5)6)62(88)90-34(13)45(55(81)65-43)67-53(79)35-20-18-28(7)51-47(35)64-48-41(42(63)50(78)30(9)52(48)91-51)54(80)68-46-33(12)89-61(87)32(11)71(16)39(76)23-70(15)58(84)37-22-38(75)31(10)74(37)60(86)44(26(3)4)66-56(46)82/h18,20,25-27,29,31-34,36-37,43-46,49H,19,21-24,63H2,1-17H3,(H,65,81)(H,66,82)(H,67,79)(H,68,80). The van der Waals surface area contributed by atoms with Gasteiger partial charge in [-0.15, -0.1) is 0 Å². The predicted octanol–water partition coefficient (Wildman–Crippen LogP) is 0.0455. The highest BCUT2D eigenvalue weighted by molar-refractivity contribution is 6.11. The first-order valence-corrected chi connectivity index (χ1v) is 30.4. The van der Waals surface area contributed by atoms with E-state index in [1.54, 1.807) is 55.4 Å². The number of nitrogens with two attached hydrogens (primary N) is 1. The van der Waals surface area contributed by atoms with E-state index >= 15 is 9.59 Å². The largest absolute Gasteiger partial charge is 0.458 e. The van der Waals surface area contributed by atoms with Gasteiger partial charge >= 0.3 is 11.9 Å². The van der Waals surface area contributed by atoms with Crippen molar-refractivity contribution >= 4 is 93.6 Å². The van der Waals surface area contributed by atoms with E-state index in [1.807, 2.05) is 0 Å². The number of cyclic esters (lactones) is 2. The minimum atomic E-state index is -1.96. The van der Waals surface area contributed by atoms with Crippen LogP contribution in [0.2, 0.25) is 0 Å². The average Bonchev–Trinajstić information content (AvgIpc) is 1.43. The summed E-state index contributed by atoms with van der Waals surface area (Å²) in [6.07, 6.45) is -2.87. The van der Waals surface area contributed by atoms with Gasteiger partial charge in [0.05, 0.1) is 35.9 Å². The van der Waals surface area contributed by atoms with Gasteiger partial charge in [0.25, 0.3) is 11.8 Å². The van der Waals surface area contributed by atoms with Crippen LogP contribution in [0, 0.1) is 31.6 Å². The molecule has 29 nitrogen and oxygen atoms in total. The Morgan fingerprint density at radius 1 is 0.626 bits per heavy atom. The molecule has 12 unspecified atom stereocenters. The van der Waals surface area contributed by atoms with Crippen molar-refractivity contribution in [2.45, 2.75) is 182 Å².